The number of nitrogens with one attached hydrogen (secondary N) is 2. The molecule has 0 atom stereocenters. The van der Waals surface area contributed by atoms with E-state index >= 15 is 0 Å². The highest BCUT2D eigenvalue weighted by Gasteiger charge is 2.16. The molecule has 1 amide bonds. The van der Waals surface area contributed by atoms with E-state index in [9.17, 15) is 13.2 Å². The van der Waals surface area contributed by atoms with Crippen molar-refractivity contribution in [3.8, 4) is 0 Å². The molecule has 0 aliphatic rings. The molecule has 9 heteroatoms. The third-order valence-corrected chi connectivity index (χ3v) is 6.30. The van der Waals surface area contributed by atoms with Crippen LogP contribution in [0.4, 0.5) is 5.69 Å². The molecule has 0 aliphatic carbocycles. The number of sulfonamides is 1. The van der Waals surface area contributed by atoms with E-state index in [2.05, 4.69) is 28.8 Å². The predicted octanol–water partition coefficient (Wildman–Crippen LogP) is 3.87. The van der Waals surface area contributed by atoms with Gasteiger partial charge in [-0.1, -0.05) is 43.1 Å². The number of halogens is 2. The van der Waals surface area contributed by atoms with Crippen LogP contribution in [0, 0.1) is 0 Å². The molecule has 0 spiro atoms. The van der Waals surface area contributed by atoms with E-state index in [4.69, 9.17) is 23.2 Å². The largest absolute Gasteiger partial charge is 0.351 e. The molecule has 2 rings (SSSR count). The van der Waals surface area contributed by atoms with Crippen LogP contribution in [-0.4, -0.2) is 45.4 Å². The number of benzene rings is 2. The van der Waals surface area contributed by atoms with Gasteiger partial charge in [-0.05, 0) is 49.5 Å². The molecule has 0 bridgehead atoms. The van der Waals surface area contributed by atoms with Gasteiger partial charge in [0.25, 0.3) is 15.9 Å². The van der Waals surface area contributed by atoms with Crippen LogP contribution >= 0.6 is 23.2 Å². The highest BCUT2D eigenvalue weighted by Crippen LogP contribution is 2.26. The summed E-state index contributed by atoms with van der Waals surface area (Å²) in [5, 5.41) is 3.26. The van der Waals surface area contributed by atoms with Gasteiger partial charge in [0, 0.05) is 24.3 Å². The van der Waals surface area contributed by atoms with Gasteiger partial charge in [0.2, 0.25) is 0 Å². The van der Waals surface area contributed by atoms with Gasteiger partial charge < -0.3 is 10.2 Å². The zero-order chi connectivity index (χ0) is 20.7. The lowest BCUT2D eigenvalue weighted by atomic mass is 10.2. The van der Waals surface area contributed by atoms with Crippen LogP contribution in [0.2, 0.25) is 10.0 Å². The first-order valence-electron chi connectivity index (χ1n) is 8.85. The fourth-order valence-electron chi connectivity index (χ4n) is 2.55. The fourth-order valence-corrected chi connectivity index (χ4v) is 3.99. The monoisotopic (exact) mass is 443 g/mol. The molecule has 6 nitrogen and oxygen atoms in total. The molecule has 0 saturated heterocycles. The van der Waals surface area contributed by atoms with Crippen LogP contribution in [-0.2, 0) is 10.0 Å². The summed E-state index contributed by atoms with van der Waals surface area (Å²) < 4.78 is 27.5. The Labute approximate surface area is 175 Å². The SMILES string of the molecule is CCN(CC)CCNC(=O)c1cccc(NS(=O)(=O)c2ccc(Cl)c(Cl)c2)c1. The summed E-state index contributed by atoms with van der Waals surface area (Å²) in [6, 6.07) is 10.4. The number of carbonyl (C=O) groups excluding carboxylic acids is 1. The van der Waals surface area contributed by atoms with E-state index in [1.807, 2.05) is 0 Å². The third-order valence-electron chi connectivity index (χ3n) is 4.19. The van der Waals surface area contributed by atoms with Crippen LogP contribution in [0.5, 0.6) is 0 Å². The number of nitrogens with zero attached hydrogens (tertiary/aromatic N) is 1. The van der Waals surface area contributed by atoms with Crippen molar-refractivity contribution in [1.82, 2.24) is 10.2 Å². The Morgan fingerprint density at radius 3 is 2.39 bits per heavy atom. The van der Waals surface area contributed by atoms with E-state index in [0.29, 0.717) is 12.1 Å². The normalized spacial score (nSPS) is 11.5. The van der Waals surface area contributed by atoms with E-state index in [0.717, 1.165) is 19.6 Å². The Hall–Kier alpha value is -1.80. The molecule has 0 saturated carbocycles. The summed E-state index contributed by atoms with van der Waals surface area (Å²) in [6.07, 6.45) is 0. The van der Waals surface area contributed by atoms with Crippen molar-refractivity contribution in [2.75, 3.05) is 30.9 Å². The lowest BCUT2D eigenvalue weighted by Crippen LogP contribution is -2.34. The molecule has 0 aromatic heterocycles. The predicted molar refractivity (Wildman–Crippen MR) is 114 cm³/mol. The molecule has 0 heterocycles. The fraction of sp³-hybridized carbons (Fsp3) is 0.316. The number of hydrogen-bond donors (Lipinski definition) is 2. The van der Waals surface area contributed by atoms with Crippen LogP contribution in [0.1, 0.15) is 24.2 Å². The van der Waals surface area contributed by atoms with Gasteiger partial charge >= 0.3 is 0 Å². The number of anilines is 1. The Morgan fingerprint density at radius 2 is 1.75 bits per heavy atom. The first kappa shape index (κ1) is 22.5. The maximum absolute atomic E-state index is 12.5. The van der Waals surface area contributed by atoms with Gasteiger partial charge in [0.05, 0.1) is 14.9 Å². The second-order valence-corrected chi connectivity index (χ2v) is 8.54. The highest BCUT2D eigenvalue weighted by molar-refractivity contribution is 7.92. The quantitative estimate of drug-likeness (QED) is 0.616. The number of hydrogen-bond acceptors (Lipinski definition) is 4. The van der Waals surface area contributed by atoms with Crippen LogP contribution < -0.4 is 10.0 Å². The Balaban J connectivity index is 2.07. The minimum absolute atomic E-state index is 0.0176. The molecule has 0 radical (unpaired) electrons. The van der Waals surface area contributed by atoms with Gasteiger partial charge in [0.15, 0.2) is 0 Å². The molecule has 0 aliphatic heterocycles. The second-order valence-electron chi connectivity index (χ2n) is 6.05. The summed E-state index contributed by atoms with van der Waals surface area (Å²) in [5.41, 5.74) is 0.649. The Kier molecular flexibility index (Phi) is 8.12. The van der Waals surface area contributed by atoms with Crippen LogP contribution in [0.25, 0.3) is 0 Å². The first-order chi connectivity index (χ1) is 13.3. The Bertz CT molecular complexity index is 932. The summed E-state index contributed by atoms with van der Waals surface area (Å²) in [4.78, 5) is 14.5. The average Bonchev–Trinajstić information content (AvgIpc) is 2.67. The van der Waals surface area contributed by atoms with E-state index in [1.54, 1.807) is 18.2 Å². The zero-order valence-electron chi connectivity index (χ0n) is 15.7. The standard InChI is InChI=1S/C19H23Cl2N3O3S/c1-3-24(4-2)11-10-22-19(25)14-6-5-7-15(12-14)23-28(26,27)16-8-9-17(20)18(21)13-16/h5-9,12-13,23H,3-4,10-11H2,1-2H3,(H,22,25). The lowest BCUT2D eigenvalue weighted by Gasteiger charge is -2.18. The molecule has 152 valence electrons. The van der Waals surface area contributed by atoms with Crippen LogP contribution in [0.3, 0.4) is 0 Å². The topological polar surface area (TPSA) is 78.5 Å². The second kappa shape index (κ2) is 10.1. The number of likely N-dealkylation sites (N-methyl/N-ethyl adjacent to an activating group) is 1. The molecule has 2 N–H and O–H groups in total. The van der Waals surface area contributed by atoms with Crippen LogP contribution in [0.15, 0.2) is 47.4 Å². The Morgan fingerprint density at radius 1 is 1.04 bits per heavy atom. The molecule has 2 aromatic rings. The van der Waals surface area contributed by atoms with Crippen molar-refractivity contribution < 1.29 is 13.2 Å². The smallest absolute Gasteiger partial charge is 0.261 e. The van der Waals surface area contributed by atoms with Gasteiger partial charge in [-0.25, -0.2) is 8.42 Å². The van der Waals surface area contributed by atoms with E-state index < -0.39 is 10.0 Å². The maximum atomic E-state index is 12.5. The molecular formula is C19H23Cl2N3O3S. The highest BCUT2D eigenvalue weighted by atomic mass is 35.5. The molecule has 2 aromatic carbocycles. The van der Waals surface area contributed by atoms with Gasteiger partial charge in [-0.15, -0.1) is 0 Å². The van der Waals surface area contributed by atoms with Crippen molar-refractivity contribution in [2.24, 2.45) is 0 Å². The van der Waals surface area contributed by atoms with Crippen molar-refractivity contribution in [2.45, 2.75) is 18.7 Å². The third kappa shape index (κ3) is 6.10. The van der Waals surface area contributed by atoms with Crippen molar-refractivity contribution in [1.29, 1.82) is 0 Å². The molecule has 0 fully saturated rings. The maximum Gasteiger partial charge on any atom is 0.261 e. The number of carbonyl (C=O) groups is 1. The molecule has 0 unspecified atom stereocenters. The minimum Gasteiger partial charge on any atom is -0.351 e. The minimum atomic E-state index is -3.86. The summed E-state index contributed by atoms with van der Waals surface area (Å²) >= 11 is 11.7. The summed E-state index contributed by atoms with van der Waals surface area (Å²) in [7, 11) is -3.86. The van der Waals surface area contributed by atoms with Crippen molar-refractivity contribution in [3.63, 3.8) is 0 Å². The molecule has 28 heavy (non-hydrogen) atoms. The summed E-state index contributed by atoms with van der Waals surface area (Å²) in [6.45, 7) is 7.22. The molecular weight excluding hydrogens is 421 g/mol. The zero-order valence-corrected chi connectivity index (χ0v) is 18.0. The first-order valence-corrected chi connectivity index (χ1v) is 11.1. The van der Waals surface area contributed by atoms with Gasteiger partial charge in [-0.3, -0.25) is 9.52 Å². The summed E-state index contributed by atoms with van der Waals surface area (Å²) in [5.74, 6) is -0.261. The van der Waals surface area contributed by atoms with Gasteiger partial charge in [0.1, 0.15) is 0 Å². The number of rotatable bonds is 9. The average molecular weight is 444 g/mol. The van der Waals surface area contributed by atoms with Crippen molar-refractivity contribution >= 4 is 44.8 Å². The lowest BCUT2D eigenvalue weighted by molar-refractivity contribution is 0.0949. The van der Waals surface area contributed by atoms with E-state index in [-0.39, 0.29) is 26.5 Å². The van der Waals surface area contributed by atoms with E-state index in [1.165, 1.54) is 24.3 Å². The van der Waals surface area contributed by atoms with Gasteiger partial charge in [-0.2, -0.15) is 0 Å². The van der Waals surface area contributed by atoms with Crippen molar-refractivity contribution in [3.05, 3.63) is 58.1 Å². The number of amides is 1.